The summed E-state index contributed by atoms with van der Waals surface area (Å²) in [7, 11) is 1.69. The van der Waals surface area contributed by atoms with Gasteiger partial charge >= 0.3 is 0 Å². The standard InChI is InChI=1S/C13H27N3O2/c1-3-14-13(16-8-4-5-9-16)15-7-6-10-18-12-11-17-2/h3-12H2,1-2H3,(H,14,15). The smallest absolute Gasteiger partial charge is 0.193 e. The second kappa shape index (κ2) is 10.1. The molecule has 1 aliphatic rings. The maximum absolute atomic E-state index is 5.41. The van der Waals surface area contributed by atoms with Crippen LogP contribution in [-0.4, -0.2) is 64.0 Å². The van der Waals surface area contributed by atoms with Crippen LogP contribution >= 0.6 is 0 Å². The lowest BCUT2D eigenvalue weighted by atomic mass is 10.4. The van der Waals surface area contributed by atoms with Gasteiger partial charge in [-0.15, -0.1) is 0 Å². The topological polar surface area (TPSA) is 46.1 Å². The monoisotopic (exact) mass is 257 g/mol. The van der Waals surface area contributed by atoms with Gasteiger partial charge < -0.3 is 19.7 Å². The van der Waals surface area contributed by atoms with E-state index in [9.17, 15) is 0 Å². The van der Waals surface area contributed by atoms with Crippen LogP contribution in [0.25, 0.3) is 0 Å². The van der Waals surface area contributed by atoms with E-state index in [0.29, 0.717) is 13.2 Å². The molecule has 0 aromatic heterocycles. The zero-order chi connectivity index (χ0) is 13.1. The van der Waals surface area contributed by atoms with Gasteiger partial charge in [-0.2, -0.15) is 0 Å². The maximum Gasteiger partial charge on any atom is 0.193 e. The van der Waals surface area contributed by atoms with Crippen LogP contribution in [0.2, 0.25) is 0 Å². The maximum atomic E-state index is 5.41. The van der Waals surface area contributed by atoms with Crippen LogP contribution < -0.4 is 5.32 Å². The first kappa shape index (κ1) is 15.2. The van der Waals surface area contributed by atoms with Crippen LogP contribution in [-0.2, 0) is 9.47 Å². The van der Waals surface area contributed by atoms with Gasteiger partial charge in [0.05, 0.1) is 13.2 Å². The van der Waals surface area contributed by atoms with Crippen molar-refractivity contribution in [1.29, 1.82) is 0 Å². The Balaban J connectivity index is 2.15. The molecule has 1 rings (SSSR count). The number of hydrogen-bond acceptors (Lipinski definition) is 3. The van der Waals surface area contributed by atoms with Crippen molar-refractivity contribution < 1.29 is 9.47 Å². The van der Waals surface area contributed by atoms with Gasteiger partial charge in [-0.3, -0.25) is 4.99 Å². The van der Waals surface area contributed by atoms with Crippen molar-refractivity contribution >= 4 is 5.96 Å². The molecule has 1 fully saturated rings. The minimum absolute atomic E-state index is 0.666. The highest BCUT2D eigenvalue weighted by Crippen LogP contribution is 2.07. The van der Waals surface area contributed by atoms with Gasteiger partial charge in [0.25, 0.3) is 0 Å². The molecule has 5 nitrogen and oxygen atoms in total. The van der Waals surface area contributed by atoms with Crippen molar-refractivity contribution in [3.8, 4) is 0 Å². The molecule has 106 valence electrons. The summed E-state index contributed by atoms with van der Waals surface area (Å²) in [4.78, 5) is 6.98. The normalized spacial score (nSPS) is 16.3. The molecule has 1 saturated heterocycles. The van der Waals surface area contributed by atoms with Crippen molar-refractivity contribution in [1.82, 2.24) is 10.2 Å². The van der Waals surface area contributed by atoms with Crippen molar-refractivity contribution in [3.05, 3.63) is 0 Å². The SMILES string of the molecule is CCNC(=NCCCOCCOC)N1CCCC1. The molecule has 1 heterocycles. The molecule has 0 unspecified atom stereocenters. The van der Waals surface area contributed by atoms with E-state index in [1.54, 1.807) is 7.11 Å². The number of aliphatic imine (C=N–C) groups is 1. The lowest BCUT2D eigenvalue weighted by Gasteiger charge is -2.20. The van der Waals surface area contributed by atoms with Crippen LogP contribution in [0.1, 0.15) is 26.2 Å². The molecule has 1 N–H and O–H groups in total. The van der Waals surface area contributed by atoms with Gasteiger partial charge in [0, 0.05) is 39.9 Å². The number of rotatable bonds is 8. The summed E-state index contributed by atoms with van der Waals surface area (Å²) in [5, 5.41) is 3.35. The van der Waals surface area contributed by atoms with Crippen LogP contribution in [0.5, 0.6) is 0 Å². The second-order valence-electron chi connectivity index (χ2n) is 4.39. The molecule has 18 heavy (non-hydrogen) atoms. The molecule has 0 aromatic carbocycles. The Morgan fingerprint density at radius 2 is 2.00 bits per heavy atom. The highest BCUT2D eigenvalue weighted by atomic mass is 16.5. The molecular formula is C13H27N3O2. The van der Waals surface area contributed by atoms with Gasteiger partial charge in [-0.05, 0) is 26.2 Å². The quantitative estimate of drug-likeness (QED) is 0.402. The third-order valence-electron chi connectivity index (χ3n) is 2.88. The number of nitrogens with one attached hydrogen (secondary N) is 1. The Hall–Kier alpha value is -0.810. The first-order valence-electron chi connectivity index (χ1n) is 6.98. The molecule has 0 amide bonds. The molecule has 0 spiro atoms. The summed E-state index contributed by atoms with van der Waals surface area (Å²) < 4.78 is 10.3. The summed E-state index contributed by atoms with van der Waals surface area (Å²) in [5.41, 5.74) is 0. The third kappa shape index (κ3) is 6.21. The van der Waals surface area contributed by atoms with E-state index in [1.807, 2.05) is 0 Å². The van der Waals surface area contributed by atoms with Gasteiger partial charge in [0.15, 0.2) is 5.96 Å². The number of ether oxygens (including phenoxy) is 2. The Morgan fingerprint density at radius 1 is 1.22 bits per heavy atom. The minimum Gasteiger partial charge on any atom is -0.382 e. The summed E-state index contributed by atoms with van der Waals surface area (Å²) in [6.45, 7) is 8.23. The molecule has 0 saturated carbocycles. The summed E-state index contributed by atoms with van der Waals surface area (Å²) >= 11 is 0. The fourth-order valence-electron chi connectivity index (χ4n) is 1.95. The fraction of sp³-hybridized carbons (Fsp3) is 0.923. The first-order valence-corrected chi connectivity index (χ1v) is 6.98. The molecule has 0 bridgehead atoms. The Morgan fingerprint density at radius 3 is 2.67 bits per heavy atom. The number of hydrogen-bond donors (Lipinski definition) is 1. The third-order valence-corrected chi connectivity index (χ3v) is 2.88. The van der Waals surface area contributed by atoms with E-state index in [0.717, 1.165) is 45.2 Å². The first-order chi connectivity index (χ1) is 8.88. The average molecular weight is 257 g/mol. The predicted molar refractivity (Wildman–Crippen MR) is 74.1 cm³/mol. The van der Waals surface area contributed by atoms with Crippen molar-refractivity contribution in [3.63, 3.8) is 0 Å². The summed E-state index contributed by atoms with van der Waals surface area (Å²) in [6.07, 6.45) is 3.53. The average Bonchev–Trinajstić information content (AvgIpc) is 2.90. The number of likely N-dealkylation sites (tertiary alicyclic amines) is 1. The highest BCUT2D eigenvalue weighted by molar-refractivity contribution is 5.80. The van der Waals surface area contributed by atoms with E-state index in [-0.39, 0.29) is 0 Å². The summed E-state index contributed by atoms with van der Waals surface area (Å²) in [5.74, 6) is 1.06. The van der Waals surface area contributed by atoms with E-state index in [1.165, 1.54) is 12.8 Å². The van der Waals surface area contributed by atoms with Gasteiger partial charge in [0.2, 0.25) is 0 Å². The molecular weight excluding hydrogens is 230 g/mol. The molecule has 1 aliphatic heterocycles. The molecule has 0 radical (unpaired) electrons. The van der Waals surface area contributed by atoms with E-state index in [4.69, 9.17) is 9.47 Å². The van der Waals surface area contributed by atoms with Crippen molar-refractivity contribution in [2.24, 2.45) is 4.99 Å². The van der Waals surface area contributed by atoms with Crippen LogP contribution in [0, 0.1) is 0 Å². The number of guanidine groups is 1. The number of methoxy groups -OCH3 is 1. The van der Waals surface area contributed by atoms with Crippen molar-refractivity contribution in [2.75, 3.05) is 53.1 Å². The lowest BCUT2D eigenvalue weighted by molar-refractivity contribution is 0.0702. The van der Waals surface area contributed by atoms with E-state index >= 15 is 0 Å². The Bertz CT molecular complexity index is 228. The van der Waals surface area contributed by atoms with Crippen LogP contribution in [0.3, 0.4) is 0 Å². The number of nitrogens with zero attached hydrogens (tertiary/aromatic N) is 2. The molecule has 0 atom stereocenters. The highest BCUT2D eigenvalue weighted by Gasteiger charge is 2.14. The lowest BCUT2D eigenvalue weighted by Crippen LogP contribution is -2.39. The second-order valence-corrected chi connectivity index (χ2v) is 4.39. The zero-order valence-electron chi connectivity index (χ0n) is 11.8. The largest absolute Gasteiger partial charge is 0.382 e. The van der Waals surface area contributed by atoms with Gasteiger partial charge in [-0.1, -0.05) is 0 Å². The molecule has 0 aliphatic carbocycles. The van der Waals surface area contributed by atoms with Gasteiger partial charge in [-0.25, -0.2) is 0 Å². The van der Waals surface area contributed by atoms with Crippen molar-refractivity contribution in [2.45, 2.75) is 26.2 Å². The van der Waals surface area contributed by atoms with E-state index < -0.39 is 0 Å². The Kier molecular flexibility index (Phi) is 8.59. The van der Waals surface area contributed by atoms with E-state index in [2.05, 4.69) is 22.1 Å². The Labute approximate surface area is 111 Å². The van der Waals surface area contributed by atoms with Crippen LogP contribution in [0.15, 0.2) is 4.99 Å². The van der Waals surface area contributed by atoms with Gasteiger partial charge in [0.1, 0.15) is 0 Å². The summed E-state index contributed by atoms with van der Waals surface area (Å²) in [6, 6.07) is 0. The fourth-order valence-corrected chi connectivity index (χ4v) is 1.95. The zero-order valence-corrected chi connectivity index (χ0v) is 11.8. The minimum atomic E-state index is 0.666. The molecule has 5 heteroatoms. The molecule has 0 aromatic rings. The predicted octanol–water partition coefficient (Wildman–Crippen LogP) is 1.10. The van der Waals surface area contributed by atoms with Crippen LogP contribution in [0.4, 0.5) is 0 Å².